The van der Waals surface area contributed by atoms with E-state index in [1.807, 2.05) is 43.1 Å². The summed E-state index contributed by atoms with van der Waals surface area (Å²) in [5, 5.41) is 13.0. The summed E-state index contributed by atoms with van der Waals surface area (Å²) in [5.74, 6) is 1.32. The second-order valence-electron chi connectivity index (χ2n) is 10.7. The van der Waals surface area contributed by atoms with Crippen molar-refractivity contribution in [2.45, 2.75) is 54.9 Å². The number of fused-ring (bicyclic) bond motifs is 1. The highest BCUT2D eigenvalue weighted by molar-refractivity contribution is 9.10. The number of hydrogen-bond donors (Lipinski definition) is 1. The van der Waals surface area contributed by atoms with Gasteiger partial charge >= 0.3 is 0 Å². The Morgan fingerprint density at radius 3 is 2.46 bits per heavy atom. The summed E-state index contributed by atoms with van der Waals surface area (Å²) in [5.41, 5.74) is 4.70. The minimum Gasteiger partial charge on any atom is -0.378 e. The Morgan fingerprint density at radius 2 is 1.78 bits per heavy atom. The van der Waals surface area contributed by atoms with E-state index in [-0.39, 0.29) is 15.8 Å². The molecule has 0 amide bonds. The highest BCUT2D eigenvalue weighted by Gasteiger charge is 2.32. The van der Waals surface area contributed by atoms with E-state index >= 15 is 0 Å². The van der Waals surface area contributed by atoms with E-state index in [9.17, 15) is 13.7 Å². The van der Waals surface area contributed by atoms with Gasteiger partial charge < -0.3 is 10.2 Å². The van der Waals surface area contributed by atoms with Gasteiger partial charge in [-0.1, -0.05) is 66.5 Å². The SMILES string of the molecule is C=C(C#N)c1ccccc1NC(C)c1cc(S(=O)(=O)c2ccc(Br)cc2)cc2c1N=C(C1CCCCC1)N(C)C2=C. The van der Waals surface area contributed by atoms with Crippen LogP contribution in [0.4, 0.5) is 11.4 Å². The summed E-state index contributed by atoms with van der Waals surface area (Å²) in [6.45, 7) is 10.3. The topological polar surface area (TPSA) is 85.6 Å². The summed E-state index contributed by atoms with van der Waals surface area (Å²) in [7, 11) is -1.86. The molecular formula is C33H33BrN4O2S. The number of hydrogen-bond acceptors (Lipinski definition) is 6. The van der Waals surface area contributed by atoms with Gasteiger partial charge in [-0.25, -0.2) is 13.4 Å². The number of anilines is 1. The van der Waals surface area contributed by atoms with Crippen LogP contribution in [0.3, 0.4) is 0 Å². The predicted molar refractivity (Wildman–Crippen MR) is 170 cm³/mol. The molecule has 1 heterocycles. The third kappa shape index (κ3) is 5.61. The Balaban J connectivity index is 1.68. The Morgan fingerprint density at radius 1 is 1.10 bits per heavy atom. The zero-order valence-electron chi connectivity index (χ0n) is 23.3. The average molecular weight is 630 g/mol. The Labute approximate surface area is 251 Å². The number of aliphatic imine (C=N–C) groups is 1. The molecule has 1 unspecified atom stereocenters. The highest BCUT2D eigenvalue weighted by Crippen LogP contribution is 2.44. The lowest BCUT2D eigenvalue weighted by atomic mass is 9.86. The van der Waals surface area contributed by atoms with Crippen LogP contribution >= 0.6 is 15.9 Å². The zero-order chi connectivity index (χ0) is 29.3. The van der Waals surface area contributed by atoms with Gasteiger partial charge in [-0.05, 0) is 62.2 Å². The third-order valence-corrected chi connectivity index (χ3v) is 10.3. The molecule has 210 valence electrons. The normalized spacial score (nSPS) is 16.4. The number of nitrogens with one attached hydrogen (secondary N) is 1. The fraction of sp³-hybridized carbons (Fsp3) is 0.273. The van der Waals surface area contributed by atoms with Crippen LogP contribution < -0.4 is 5.32 Å². The van der Waals surface area contributed by atoms with E-state index in [4.69, 9.17) is 4.99 Å². The number of rotatable bonds is 7. The molecule has 0 spiro atoms. The molecule has 1 atom stereocenters. The summed E-state index contributed by atoms with van der Waals surface area (Å²) >= 11 is 3.39. The first-order valence-electron chi connectivity index (χ1n) is 13.8. The van der Waals surface area contributed by atoms with Crippen molar-refractivity contribution in [1.82, 2.24) is 4.90 Å². The molecule has 1 N–H and O–H groups in total. The molecule has 41 heavy (non-hydrogen) atoms. The van der Waals surface area contributed by atoms with E-state index in [0.29, 0.717) is 22.6 Å². The molecule has 1 saturated carbocycles. The molecule has 3 aromatic carbocycles. The molecule has 5 rings (SSSR count). The van der Waals surface area contributed by atoms with E-state index in [1.54, 1.807) is 36.4 Å². The fourth-order valence-electron chi connectivity index (χ4n) is 5.69. The molecule has 8 heteroatoms. The maximum absolute atomic E-state index is 13.9. The molecule has 1 fully saturated rings. The molecule has 0 bridgehead atoms. The van der Waals surface area contributed by atoms with Crippen LogP contribution in [-0.2, 0) is 9.84 Å². The zero-order valence-corrected chi connectivity index (χ0v) is 25.7. The molecule has 1 aliphatic heterocycles. The average Bonchev–Trinajstić information content (AvgIpc) is 2.99. The number of sulfone groups is 1. The van der Waals surface area contributed by atoms with Gasteiger partial charge in [0, 0.05) is 45.5 Å². The lowest BCUT2D eigenvalue weighted by molar-refractivity contribution is 0.417. The maximum Gasteiger partial charge on any atom is 0.206 e. The van der Waals surface area contributed by atoms with Gasteiger partial charge in [-0.2, -0.15) is 5.26 Å². The quantitative estimate of drug-likeness (QED) is 0.265. The van der Waals surface area contributed by atoms with E-state index in [0.717, 1.165) is 45.8 Å². The first kappa shape index (κ1) is 28.8. The summed E-state index contributed by atoms with van der Waals surface area (Å²) in [6, 6.07) is 19.4. The van der Waals surface area contributed by atoms with Gasteiger partial charge in [0.05, 0.1) is 33.2 Å². The fourth-order valence-corrected chi connectivity index (χ4v) is 7.27. The van der Waals surface area contributed by atoms with Crippen LogP contribution in [0, 0.1) is 17.2 Å². The third-order valence-electron chi connectivity index (χ3n) is 8.03. The van der Waals surface area contributed by atoms with Crippen molar-refractivity contribution in [3.05, 3.63) is 95.0 Å². The van der Waals surface area contributed by atoms with Crippen molar-refractivity contribution in [3.63, 3.8) is 0 Å². The lowest BCUT2D eigenvalue weighted by Crippen LogP contribution is -2.35. The minimum atomic E-state index is -3.83. The Kier molecular flexibility index (Phi) is 8.21. The number of para-hydroxylation sites is 1. The summed E-state index contributed by atoms with van der Waals surface area (Å²) < 4.78 is 28.6. The molecule has 2 aliphatic rings. The number of nitriles is 1. The van der Waals surface area contributed by atoms with Crippen LogP contribution in [0.2, 0.25) is 0 Å². The predicted octanol–water partition coefficient (Wildman–Crippen LogP) is 8.52. The van der Waals surface area contributed by atoms with Crippen LogP contribution in [-0.4, -0.2) is 26.2 Å². The van der Waals surface area contributed by atoms with Gasteiger partial charge in [-0.15, -0.1) is 0 Å². The van der Waals surface area contributed by atoms with Gasteiger partial charge in [0.2, 0.25) is 9.84 Å². The Hall–Kier alpha value is -3.67. The van der Waals surface area contributed by atoms with E-state index in [1.165, 1.54) is 19.3 Å². The molecule has 3 aromatic rings. The van der Waals surface area contributed by atoms with Crippen LogP contribution in [0.15, 0.2) is 93.1 Å². The molecule has 1 aliphatic carbocycles. The number of nitrogens with zero attached hydrogens (tertiary/aromatic N) is 3. The smallest absolute Gasteiger partial charge is 0.206 e. The maximum atomic E-state index is 13.9. The Bertz CT molecular complexity index is 1700. The molecule has 0 aromatic heterocycles. The highest BCUT2D eigenvalue weighted by atomic mass is 79.9. The van der Waals surface area contributed by atoms with E-state index < -0.39 is 9.84 Å². The summed E-state index contributed by atoms with van der Waals surface area (Å²) in [4.78, 5) is 7.64. The number of halogens is 1. The van der Waals surface area contributed by atoms with Crippen molar-refractivity contribution in [2.75, 3.05) is 12.4 Å². The molecule has 0 saturated heterocycles. The van der Waals surface area contributed by atoms with Crippen LogP contribution in [0.5, 0.6) is 0 Å². The largest absolute Gasteiger partial charge is 0.378 e. The van der Waals surface area contributed by atoms with Crippen molar-refractivity contribution in [3.8, 4) is 6.07 Å². The van der Waals surface area contributed by atoms with Crippen LogP contribution in [0.25, 0.3) is 11.3 Å². The first-order valence-corrected chi connectivity index (χ1v) is 16.0. The van der Waals surface area contributed by atoms with Gasteiger partial charge in [-0.3, -0.25) is 0 Å². The monoisotopic (exact) mass is 628 g/mol. The van der Waals surface area contributed by atoms with Crippen molar-refractivity contribution in [1.29, 1.82) is 5.26 Å². The van der Waals surface area contributed by atoms with Crippen molar-refractivity contribution < 1.29 is 8.42 Å². The number of allylic oxidation sites excluding steroid dienone is 1. The van der Waals surface area contributed by atoms with E-state index in [2.05, 4.69) is 40.5 Å². The van der Waals surface area contributed by atoms with Crippen molar-refractivity contribution >= 4 is 54.2 Å². The lowest BCUT2D eigenvalue weighted by Gasteiger charge is -2.36. The standard InChI is InChI=1S/C33H33BrN4O2S/c1-21(20-35)28-12-8-9-13-31(28)36-22(2)29-18-27(41(39,40)26-16-14-25(34)15-17-26)19-30-23(3)38(4)33(37-32(29)30)24-10-6-5-7-11-24/h8-9,12-19,22,24,36H,1,3,5-7,10-11H2,2,4H3. The molecule has 0 radical (unpaired) electrons. The second-order valence-corrected chi connectivity index (χ2v) is 13.5. The van der Waals surface area contributed by atoms with Gasteiger partial charge in [0.25, 0.3) is 0 Å². The number of amidine groups is 1. The second kappa shape index (κ2) is 11.7. The van der Waals surface area contributed by atoms with Gasteiger partial charge in [0.1, 0.15) is 5.84 Å². The first-order chi connectivity index (χ1) is 19.6. The van der Waals surface area contributed by atoms with Gasteiger partial charge in [0.15, 0.2) is 0 Å². The number of benzene rings is 3. The summed E-state index contributed by atoms with van der Waals surface area (Å²) in [6.07, 6.45) is 5.74. The molecule has 6 nitrogen and oxygen atoms in total. The minimum absolute atomic E-state index is 0.183. The molecular weight excluding hydrogens is 596 g/mol. The van der Waals surface area contributed by atoms with Crippen molar-refractivity contribution in [2.24, 2.45) is 10.9 Å². The van der Waals surface area contributed by atoms with Crippen LogP contribution in [0.1, 0.15) is 61.8 Å².